The van der Waals surface area contributed by atoms with E-state index in [4.69, 9.17) is 5.84 Å². The molecule has 0 aliphatic carbocycles. The summed E-state index contributed by atoms with van der Waals surface area (Å²) in [4.78, 5) is 13.5. The molecule has 0 radical (unpaired) electrons. The van der Waals surface area contributed by atoms with Gasteiger partial charge in [0.15, 0.2) is 0 Å². The second-order valence-electron chi connectivity index (χ2n) is 5.70. The lowest BCUT2D eigenvalue weighted by Crippen LogP contribution is -2.48. The number of nitrogens with zero attached hydrogens (tertiary/aromatic N) is 4. The van der Waals surface area contributed by atoms with Gasteiger partial charge in [-0.25, -0.2) is 15.8 Å². The average Bonchev–Trinajstić information content (AvgIpc) is 2.46. The van der Waals surface area contributed by atoms with Gasteiger partial charge in [-0.05, 0) is 12.3 Å². The van der Waals surface area contributed by atoms with Crippen molar-refractivity contribution in [3.63, 3.8) is 0 Å². The van der Waals surface area contributed by atoms with Gasteiger partial charge in [0.1, 0.15) is 18.0 Å². The maximum absolute atomic E-state index is 5.53. The molecule has 2 rings (SSSR count). The van der Waals surface area contributed by atoms with Crippen LogP contribution in [0.1, 0.15) is 26.3 Å². The van der Waals surface area contributed by atoms with Gasteiger partial charge in [0.2, 0.25) is 0 Å². The molecule has 1 aromatic heterocycles. The number of hydrazine groups is 1. The Hall–Kier alpha value is -1.40. The van der Waals surface area contributed by atoms with Crippen molar-refractivity contribution >= 4 is 11.6 Å². The Kier molecular flexibility index (Phi) is 5.14. The number of anilines is 2. The first-order valence-electron chi connectivity index (χ1n) is 7.43. The van der Waals surface area contributed by atoms with E-state index in [9.17, 15) is 0 Å². The molecule has 0 aromatic carbocycles. The van der Waals surface area contributed by atoms with Crippen LogP contribution in [0.4, 0.5) is 11.6 Å². The van der Waals surface area contributed by atoms with Crippen molar-refractivity contribution in [1.29, 1.82) is 0 Å². The highest BCUT2D eigenvalue weighted by molar-refractivity contribution is 5.58. The number of hydrogen-bond donors (Lipinski definition) is 2. The zero-order valence-electron chi connectivity index (χ0n) is 12.8. The van der Waals surface area contributed by atoms with Crippen LogP contribution in [0, 0.1) is 5.92 Å². The molecule has 0 atom stereocenters. The SMILES string of the molecule is CCc1c(NN)ncnc1N1CCN(CC(C)C)CC1. The molecule has 1 fully saturated rings. The maximum atomic E-state index is 5.53. The molecule has 6 heteroatoms. The number of piperazine rings is 1. The monoisotopic (exact) mass is 278 g/mol. The minimum Gasteiger partial charge on any atom is -0.354 e. The van der Waals surface area contributed by atoms with Crippen molar-refractivity contribution in [2.24, 2.45) is 11.8 Å². The number of nitrogens with two attached hydrogens (primary N) is 1. The highest BCUT2D eigenvalue weighted by atomic mass is 15.3. The second kappa shape index (κ2) is 6.85. The molecule has 20 heavy (non-hydrogen) atoms. The van der Waals surface area contributed by atoms with E-state index in [2.05, 4.69) is 46.0 Å². The zero-order valence-corrected chi connectivity index (χ0v) is 12.8. The third-order valence-corrected chi connectivity index (χ3v) is 3.71. The van der Waals surface area contributed by atoms with Crippen LogP contribution in [0.3, 0.4) is 0 Å². The van der Waals surface area contributed by atoms with Gasteiger partial charge < -0.3 is 10.3 Å². The summed E-state index contributed by atoms with van der Waals surface area (Å²) in [5, 5.41) is 0. The molecule has 0 saturated carbocycles. The maximum Gasteiger partial charge on any atom is 0.148 e. The lowest BCUT2D eigenvalue weighted by atomic mass is 10.1. The van der Waals surface area contributed by atoms with Gasteiger partial charge in [-0.2, -0.15) is 0 Å². The van der Waals surface area contributed by atoms with Crippen molar-refractivity contribution in [2.75, 3.05) is 43.0 Å². The van der Waals surface area contributed by atoms with E-state index in [0.29, 0.717) is 0 Å². The number of rotatable bonds is 5. The van der Waals surface area contributed by atoms with E-state index in [0.717, 1.165) is 55.7 Å². The van der Waals surface area contributed by atoms with E-state index in [-0.39, 0.29) is 0 Å². The van der Waals surface area contributed by atoms with E-state index < -0.39 is 0 Å². The smallest absolute Gasteiger partial charge is 0.148 e. The van der Waals surface area contributed by atoms with Crippen LogP contribution in [0.25, 0.3) is 0 Å². The molecule has 1 aliphatic heterocycles. The van der Waals surface area contributed by atoms with Crippen LogP contribution in [0.2, 0.25) is 0 Å². The zero-order chi connectivity index (χ0) is 14.5. The van der Waals surface area contributed by atoms with Gasteiger partial charge in [0, 0.05) is 38.3 Å². The Morgan fingerprint density at radius 2 is 1.95 bits per heavy atom. The summed E-state index contributed by atoms with van der Waals surface area (Å²) < 4.78 is 0. The topological polar surface area (TPSA) is 70.3 Å². The van der Waals surface area contributed by atoms with Crippen LogP contribution < -0.4 is 16.2 Å². The van der Waals surface area contributed by atoms with Crippen molar-refractivity contribution in [3.05, 3.63) is 11.9 Å². The average molecular weight is 278 g/mol. The third kappa shape index (κ3) is 3.37. The fourth-order valence-electron chi connectivity index (χ4n) is 2.78. The normalized spacial score (nSPS) is 16.8. The minimum absolute atomic E-state index is 0.722. The summed E-state index contributed by atoms with van der Waals surface area (Å²) in [7, 11) is 0. The number of hydrogen-bond acceptors (Lipinski definition) is 6. The fraction of sp³-hybridized carbons (Fsp3) is 0.714. The summed E-state index contributed by atoms with van der Waals surface area (Å²) in [6.07, 6.45) is 2.46. The molecule has 0 amide bonds. The lowest BCUT2D eigenvalue weighted by Gasteiger charge is -2.37. The standard InChI is InChI=1S/C14H26N6/c1-4-12-13(18-15)16-10-17-14(12)20-7-5-19(6-8-20)9-11(2)3/h10-11H,4-9,15H2,1-3H3,(H,16,17,18). The highest BCUT2D eigenvalue weighted by Crippen LogP contribution is 2.24. The summed E-state index contributed by atoms with van der Waals surface area (Å²) in [6, 6.07) is 0. The molecule has 3 N–H and O–H groups in total. The fourth-order valence-corrected chi connectivity index (χ4v) is 2.78. The van der Waals surface area contributed by atoms with Gasteiger partial charge in [-0.15, -0.1) is 0 Å². The lowest BCUT2D eigenvalue weighted by molar-refractivity contribution is 0.231. The molecule has 1 aromatic rings. The summed E-state index contributed by atoms with van der Waals surface area (Å²) in [5.74, 6) is 8.02. The van der Waals surface area contributed by atoms with Crippen molar-refractivity contribution in [3.8, 4) is 0 Å². The second-order valence-corrected chi connectivity index (χ2v) is 5.70. The van der Waals surface area contributed by atoms with Crippen LogP contribution in [-0.2, 0) is 6.42 Å². The van der Waals surface area contributed by atoms with E-state index in [1.807, 2.05) is 0 Å². The first kappa shape index (κ1) is 15.0. The van der Waals surface area contributed by atoms with Gasteiger partial charge in [-0.1, -0.05) is 20.8 Å². The van der Waals surface area contributed by atoms with Crippen LogP contribution in [0.5, 0.6) is 0 Å². The van der Waals surface area contributed by atoms with Gasteiger partial charge in [-0.3, -0.25) is 4.90 Å². The van der Waals surface area contributed by atoms with E-state index in [1.165, 1.54) is 6.54 Å². The molecule has 0 unspecified atom stereocenters. The molecule has 0 spiro atoms. The van der Waals surface area contributed by atoms with Gasteiger partial charge in [0.05, 0.1) is 0 Å². The van der Waals surface area contributed by atoms with Crippen LogP contribution in [-0.4, -0.2) is 47.6 Å². The third-order valence-electron chi connectivity index (χ3n) is 3.71. The molecular weight excluding hydrogens is 252 g/mol. The molecule has 6 nitrogen and oxygen atoms in total. The van der Waals surface area contributed by atoms with Crippen molar-refractivity contribution < 1.29 is 0 Å². The molecular formula is C14H26N6. The van der Waals surface area contributed by atoms with Crippen molar-refractivity contribution in [2.45, 2.75) is 27.2 Å². The predicted octanol–water partition coefficient (Wildman–Crippen LogP) is 1.10. The van der Waals surface area contributed by atoms with E-state index >= 15 is 0 Å². The number of aromatic nitrogens is 2. The highest BCUT2D eigenvalue weighted by Gasteiger charge is 2.21. The molecule has 1 aliphatic rings. The molecule has 0 bridgehead atoms. The molecule has 1 saturated heterocycles. The Labute approximate surface area is 121 Å². The number of nitrogens with one attached hydrogen (secondary N) is 1. The Morgan fingerprint density at radius 1 is 1.25 bits per heavy atom. The predicted molar refractivity (Wildman–Crippen MR) is 82.7 cm³/mol. The summed E-state index contributed by atoms with van der Waals surface area (Å²) >= 11 is 0. The number of nitrogen functional groups attached to an aromatic ring is 1. The van der Waals surface area contributed by atoms with Crippen molar-refractivity contribution in [1.82, 2.24) is 14.9 Å². The quantitative estimate of drug-likeness (QED) is 0.621. The minimum atomic E-state index is 0.722. The van der Waals surface area contributed by atoms with Crippen LogP contribution >= 0.6 is 0 Å². The van der Waals surface area contributed by atoms with Crippen LogP contribution in [0.15, 0.2) is 6.33 Å². The first-order chi connectivity index (χ1) is 9.65. The molecule has 112 valence electrons. The summed E-state index contributed by atoms with van der Waals surface area (Å²) in [6.45, 7) is 12.0. The van der Waals surface area contributed by atoms with Gasteiger partial charge >= 0.3 is 0 Å². The molecule has 2 heterocycles. The Bertz CT molecular complexity index is 426. The first-order valence-corrected chi connectivity index (χ1v) is 7.43. The summed E-state index contributed by atoms with van der Waals surface area (Å²) in [5.41, 5.74) is 3.78. The van der Waals surface area contributed by atoms with Gasteiger partial charge in [0.25, 0.3) is 0 Å². The van der Waals surface area contributed by atoms with E-state index in [1.54, 1.807) is 6.33 Å². The largest absolute Gasteiger partial charge is 0.354 e. The Morgan fingerprint density at radius 3 is 2.50 bits per heavy atom. The Balaban J connectivity index is 2.07.